The molecule has 1 aliphatic rings. The maximum Gasteiger partial charge on any atom is 0.0926 e. The number of hydrogen-bond acceptors (Lipinski definition) is 4. The lowest BCUT2D eigenvalue weighted by Gasteiger charge is -2.31. The molecule has 0 radical (unpaired) electrons. The van der Waals surface area contributed by atoms with Gasteiger partial charge in [0.1, 0.15) is 0 Å². The van der Waals surface area contributed by atoms with Gasteiger partial charge in [0.05, 0.1) is 24.7 Å². The van der Waals surface area contributed by atoms with Crippen LogP contribution in [0.2, 0.25) is 0 Å². The molecule has 1 fully saturated rings. The summed E-state index contributed by atoms with van der Waals surface area (Å²) in [5, 5.41) is 2.14. The first-order valence-corrected chi connectivity index (χ1v) is 8.94. The Morgan fingerprint density at radius 2 is 2.29 bits per heavy atom. The molecule has 6 heteroatoms. The molecule has 0 amide bonds. The van der Waals surface area contributed by atoms with Gasteiger partial charge >= 0.3 is 0 Å². The minimum Gasteiger partial charge on any atom is -0.372 e. The van der Waals surface area contributed by atoms with Crippen molar-refractivity contribution in [3.8, 4) is 0 Å². The third-order valence-corrected chi connectivity index (χ3v) is 5.89. The molecule has 2 aromatic heterocycles. The van der Waals surface area contributed by atoms with Gasteiger partial charge in [0.15, 0.2) is 0 Å². The van der Waals surface area contributed by atoms with Crippen molar-refractivity contribution in [3.63, 3.8) is 0 Å². The van der Waals surface area contributed by atoms with E-state index in [4.69, 9.17) is 4.74 Å². The molecule has 1 N–H and O–H groups in total. The number of likely N-dealkylation sites (tertiary alicyclic amines) is 1. The Morgan fingerprint density at radius 1 is 1.48 bits per heavy atom. The quantitative estimate of drug-likeness (QED) is 0.872. The largest absolute Gasteiger partial charge is 0.372 e. The van der Waals surface area contributed by atoms with Crippen molar-refractivity contribution >= 4 is 27.3 Å². The van der Waals surface area contributed by atoms with Crippen molar-refractivity contribution in [2.24, 2.45) is 0 Å². The average molecular weight is 370 g/mol. The van der Waals surface area contributed by atoms with E-state index in [-0.39, 0.29) is 0 Å². The molecule has 0 unspecified atom stereocenters. The van der Waals surface area contributed by atoms with Crippen LogP contribution >= 0.6 is 27.3 Å². The predicted octanol–water partition coefficient (Wildman–Crippen LogP) is 3.72. The number of H-pyrrole nitrogens is 1. The van der Waals surface area contributed by atoms with Crippen LogP contribution in [0, 0.1) is 6.92 Å². The van der Waals surface area contributed by atoms with Crippen molar-refractivity contribution in [1.82, 2.24) is 14.9 Å². The second kappa shape index (κ2) is 7.05. The summed E-state index contributed by atoms with van der Waals surface area (Å²) in [7, 11) is 0. The lowest BCUT2D eigenvalue weighted by Crippen LogP contribution is -2.36. The average Bonchev–Trinajstić information content (AvgIpc) is 3.08. The number of piperidine rings is 1. The zero-order chi connectivity index (χ0) is 14.7. The summed E-state index contributed by atoms with van der Waals surface area (Å²) in [6.07, 6.45) is 4.30. The Balaban J connectivity index is 1.43. The number of hydrogen-bond donors (Lipinski definition) is 1. The van der Waals surface area contributed by atoms with Crippen molar-refractivity contribution in [2.75, 3.05) is 13.1 Å². The van der Waals surface area contributed by atoms with Crippen LogP contribution in [-0.2, 0) is 17.9 Å². The highest BCUT2D eigenvalue weighted by Gasteiger charge is 2.21. The summed E-state index contributed by atoms with van der Waals surface area (Å²) in [5.41, 5.74) is 2.13. The minimum absolute atomic E-state index is 0.365. The molecule has 0 aliphatic carbocycles. The summed E-state index contributed by atoms with van der Waals surface area (Å²) < 4.78 is 7.24. The monoisotopic (exact) mass is 369 g/mol. The van der Waals surface area contributed by atoms with Crippen LogP contribution in [0.3, 0.4) is 0 Å². The number of aryl methyl sites for hydroxylation is 1. The van der Waals surface area contributed by atoms with E-state index in [2.05, 4.69) is 42.2 Å². The van der Waals surface area contributed by atoms with Crippen LogP contribution in [0.25, 0.3) is 0 Å². The van der Waals surface area contributed by atoms with Gasteiger partial charge in [0, 0.05) is 34.7 Å². The topological polar surface area (TPSA) is 41.1 Å². The van der Waals surface area contributed by atoms with Gasteiger partial charge < -0.3 is 9.72 Å². The van der Waals surface area contributed by atoms with Gasteiger partial charge in [-0.2, -0.15) is 0 Å². The van der Waals surface area contributed by atoms with E-state index in [9.17, 15) is 0 Å². The van der Waals surface area contributed by atoms with Crippen LogP contribution in [0.4, 0.5) is 0 Å². The maximum absolute atomic E-state index is 6.00. The first-order valence-electron chi connectivity index (χ1n) is 7.27. The normalized spacial score (nSPS) is 17.4. The predicted molar refractivity (Wildman–Crippen MR) is 88.4 cm³/mol. The summed E-state index contributed by atoms with van der Waals surface area (Å²) in [4.78, 5) is 11.3. The fourth-order valence-corrected chi connectivity index (χ4v) is 4.12. The Morgan fingerprint density at radius 3 is 2.90 bits per heavy atom. The summed E-state index contributed by atoms with van der Waals surface area (Å²) in [5.74, 6) is 0. The Bertz CT molecular complexity index is 575. The summed E-state index contributed by atoms with van der Waals surface area (Å²) >= 11 is 5.43. The molecule has 1 aliphatic heterocycles. The smallest absolute Gasteiger partial charge is 0.0926 e. The van der Waals surface area contributed by atoms with E-state index in [1.165, 1.54) is 9.35 Å². The zero-order valence-corrected chi connectivity index (χ0v) is 14.5. The van der Waals surface area contributed by atoms with E-state index in [0.717, 1.165) is 43.9 Å². The molecule has 2 aromatic rings. The van der Waals surface area contributed by atoms with Crippen LogP contribution in [0.15, 0.2) is 22.2 Å². The molecule has 3 rings (SSSR count). The van der Waals surface area contributed by atoms with Crippen molar-refractivity contribution in [1.29, 1.82) is 0 Å². The molecular weight excluding hydrogens is 350 g/mol. The van der Waals surface area contributed by atoms with Gasteiger partial charge in [-0.3, -0.25) is 4.90 Å². The van der Waals surface area contributed by atoms with E-state index in [1.54, 1.807) is 6.33 Å². The molecule has 0 atom stereocenters. The van der Waals surface area contributed by atoms with Gasteiger partial charge in [-0.1, -0.05) is 0 Å². The molecule has 0 aromatic carbocycles. The standard InChI is InChI=1S/C15H20BrN3OS/c1-11-14(18-10-17-11)9-20-12-2-5-19(6-3-12)8-15-13(16)4-7-21-15/h4,7,10,12H,2-3,5-6,8-9H2,1H3,(H,17,18). The number of rotatable bonds is 5. The highest BCUT2D eigenvalue weighted by Crippen LogP contribution is 2.26. The van der Waals surface area contributed by atoms with E-state index < -0.39 is 0 Å². The molecule has 21 heavy (non-hydrogen) atoms. The van der Waals surface area contributed by atoms with Crippen molar-refractivity contribution < 1.29 is 4.74 Å². The van der Waals surface area contributed by atoms with E-state index in [0.29, 0.717) is 12.7 Å². The van der Waals surface area contributed by atoms with Gasteiger partial charge in [-0.05, 0) is 47.1 Å². The number of aromatic amines is 1. The zero-order valence-electron chi connectivity index (χ0n) is 12.1. The molecule has 1 saturated heterocycles. The number of ether oxygens (including phenoxy) is 1. The van der Waals surface area contributed by atoms with Gasteiger partial charge in [-0.25, -0.2) is 4.98 Å². The lowest BCUT2D eigenvalue weighted by molar-refractivity contribution is -0.00515. The summed E-state index contributed by atoms with van der Waals surface area (Å²) in [6, 6.07) is 2.13. The molecule has 0 saturated carbocycles. The lowest BCUT2D eigenvalue weighted by atomic mass is 10.1. The molecule has 0 spiro atoms. The summed E-state index contributed by atoms with van der Waals surface area (Å²) in [6.45, 7) is 5.91. The van der Waals surface area contributed by atoms with Gasteiger partial charge in [0.25, 0.3) is 0 Å². The SMILES string of the molecule is Cc1[nH]cnc1COC1CCN(Cc2sccc2Br)CC1. The number of halogens is 1. The number of imidazole rings is 1. The third kappa shape index (κ3) is 3.94. The highest BCUT2D eigenvalue weighted by atomic mass is 79.9. The Kier molecular flexibility index (Phi) is 5.11. The first-order chi connectivity index (χ1) is 10.2. The first kappa shape index (κ1) is 15.2. The Labute approximate surface area is 137 Å². The molecule has 114 valence electrons. The molecule has 3 heterocycles. The number of thiophene rings is 1. The minimum atomic E-state index is 0.365. The van der Waals surface area contributed by atoms with E-state index in [1.807, 2.05) is 18.3 Å². The number of nitrogens with one attached hydrogen (secondary N) is 1. The highest BCUT2D eigenvalue weighted by molar-refractivity contribution is 9.10. The van der Waals surface area contributed by atoms with Crippen LogP contribution < -0.4 is 0 Å². The van der Waals surface area contributed by atoms with Crippen LogP contribution in [0.1, 0.15) is 29.1 Å². The number of aromatic nitrogens is 2. The molecule has 4 nitrogen and oxygen atoms in total. The van der Waals surface area contributed by atoms with Gasteiger partial charge in [0.2, 0.25) is 0 Å². The number of nitrogens with zero attached hydrogens (tertiary/aromatic N) is 2. The Hall–Kier alpha value is -0.690. The van der Waals surface area contributed by atoms with Crippen LogP contribution in [0.5, 0.6) is 0 Å². The fraction of sp³-hybridized carbons (Fsp3) is 0.533. The molecular formula is C15H20BrN3OS. The fourth-order valence-electron chi connectivity index (χ4n) is 2.60. The third-order valence-electron chi connectivity index (χ3n) is 3.98. The molecule has 0 bridgehead atoms. The van der Waals surface area contributed by atoms with E-state index >= 15 is 0 Å². The van der Waals surface area contributed by atoms with Crippen molar-refractivity contribution in [3.05, 3.63) is 38.5 Å². The second-order valence-corrected chi connectivity index (χ2v) is 7.31. The van der Waals surface area contributed by atoms with Gasteiger partial charge in [-0.15, -0.1) is 11.3 Å². The van der Waals surface area contributed by atoms with Crippen molar-refractivity contribution in [2.45, 2.75) is 39.0 Å². The van der Waals surface area contributed by atoms with Crippen LogP contribution in [-0.4, -0.2) is 34.1 Å². The maximum atomic E-state index is 6.00. The second-order valence-electron chi connectivity index (χ2n) is 5.45.